The number of carbonyl (C=O) groups is 1. The number of benzene rings is 1. The molecule has 1 aromatic carbocycles. The van der Waals surface area contributed by atoms with Gasteiger partial charge in [0.25, 0.3) is 0 Å². The summed E-state index contributed by atoms with van der Waals surface area (Å²) in [5.74, 6) is -0.0274. The van der Waals surface area contributed by atoms with E-state index in [1.54, 1.807) is 18.2 Å². The zero-order valence-electron chi connectivity index (χ0n) is 17.5. The summed E-state index contributed by atoms with van der Waals surface area (Å²) in [5.41, 5.74) is -0.163. The zero-order valence-corrected chi connectivity index (χ0v) is 19.0. The molecule has 6 nitrogen and oxygen atoms in total. The highest BCUT2D eigenvalue weighted by Crippen LogP contribution is 2.26. The number of nitrogens with zero attached hydrogens (tertiary/aromatic N) is 2. The van der Waals surface area contributed by atoms with Crippen LogP contribution in [0.3, 0.4) is 0 Å². The first-order valence-corrected chi connectivity index (χ1v) is 11.4. The summed E-state index contributed by atoms with van der Waals surface area (Å²) >= 11 is 5.93. The first-order chi connectivity index (χ1) is 12.8. The average molecular weight is 430 g/mol. The Bertz CT molecular complexity index is 795. The van der Waals surface area contributed by atoms with Crippen LogP contribution in [0.25, 0.3) is 0 Å². The Morgan fingerprint density at radius 2 is 1.71 bits per heavy atom. The Morgan fingerprint density at radius 1 is 1.11 bits per heavy atom. The van der Waals surface area contributed by atoms with Crippen LogP contribution < -0.4 is 5.32 Å². The molecule has 28 heavy (non-hydrogen) atoms. The van der Waals surface area contributed by atoms with Crippen molar-refractivity contribution in [2.75, 3.05) is 32.7 Å². The number of halogens is 1. The van der Waals surface area contributed by atoms with Gasteiger partial charge in [-0.2, -0.15) is 4.31 Å². The molecule has 0 radical (unpaired) electrons. The third kappa shape index (κ3) is 6.72. The van der Waals surface area contributed by atoms with Crippen LogP contribution in [0.2, 0.25) is 5.02 Å². The van der Waals surface area contributed by atoms with E-state index < -0.39 is 10.0 Å². The predicted molar refractivity (Wildman–Crippen MR) is 113 cm³/mol. The summed E-state index contributed by atoms with van der Waals surface area (Å²) in [6.07, 6.45) is 0.872. The fourth-order valence-corrected chi connectivity index (χ4v) is 5.62. The number of amides is 1. The molecule has 0 bridgehead atoms. The van der Waals surface area contributed by atoms with Crippen molar-refractivity contribution in [2.45, 2.75) is 51.5 Å². The monoisotopic (exact) mass is 429 g/mol. The highest BCUT2D eigenvalue weighted by Gasteiger charge is 2.31. The van der Waals surface area contributed by atoms with Gasteiger partial charge in [0, 0.05) is 36.7 Å². The minimum atomic E-state index is -3.56. The second-order valence-electron chi connectivity index (χ2n) is 9.31. The second kappa shape index (κ2) is 8.69. The number of rotatable bonds is 6. The predicted octanol–water partition coefficient (Wildman–Crippen LogP) is 2.98. The van der Waals surface area contributed by atoms with E-state index in [0.29, 0.717) is 31.2 Å². The third-order valence-electron chi connectivity index (χ3n) is 4.58. The van der Waals surface area contributed by atoms with E-state index in [-0.39, 0.29) is 28.3 Å². The molecule has 1 N–H and O–H groups in total. The largest absolute Gasteiger partial charge is 0.350 e. The van der Waals surface area contributed by atoms with Crippen LogP contribution in [0, 0.1) is 5.41 Å². The van der Waals surface area contributed by atoms with Gasteiger partial charge in [-0.3, -0.25) is 9.69 Å². The minimum Gasteiger partial charge on any atom is -0.350 e. The molecule has 1 aliphatic rings. The molecule has 0 unspecified atom stereocenters. The third-order valence-corrected chi connectivity index (χ3v) is 6.71. The molecule has 1 aromatic rings. The van der Waals surface area contributed by atoms with Crippen molar-refractivity contribution in [1.82, 2.24) is 14.5 Å². The van der Waals surface area contributed by atoms with Crippen molar-refractivity contribution in [3.05, 3.63) is 29.3 Å². The average Bonchev–Trinajstić information content (AvgIpc) is 2.52. The summed E-state index contributed by atoms with van der Waals surface area (Å²) in [5, 5.41) is 3.50. The standard InChI is InChI=1S/C20H32ClN3O3S/c1-19(2,3)15-20(4,5)22-18(25)14-23-9-11-24(12-10-23)28(26,27)17-8-6-7-16(21)13-17/h6-8,13H,9-12,14-15H2,1-5H3,(H,22,25). The molecule has 0 aliphatic carbocycles. The maximum absolute atomic E-state index is 12.8. The first kappa shape index (κ1) is 23.1. The molecular weight excluding hydrogens is 398 g/mol. The first-order valence-electron chi connectivity index (χ1n) is 9.58. The van der Waals surface area contributed by atoms with Gasteiger partial charge in [-0.05, 0) is 43.9 Å². The molecule has 0 aromatic heterocycles. The molecule has 1 aliphatic heterocycles. The maximum Gasteiger partial charge on any atom is 0.243 e. The van der Waals surface area contributed by atoms with Gasteiger partial charge in [-0.1, -0.05) is 38.4 Å². The van der Waals surface area contributed by atoms with Gasteiger partial charge in [0.05, 0.1) is 11.4 Å². The van der Waals surface area contributed by atoms with E-state index in [1.165, 1.54) is 10.4 Å². The van der Waals surface area contributed by atoms with E-state index in [2.05, 4.69) is 26.1 Å². The number of nitrogens with one attached hydrogen (secondary N) is 1. The Hall–Kier alpha value is -1.15. The highest BCUT2D eigenvalue weighted by atomic mass is 35.5. The second-order valence-corrected chi connectivity index (χ2v) is 11.7. The lowest BCUT2D eigenvalue weighted by Crippen LogP contribution is -2.53. The van der Waals surface area contributed by atoms with E-state index in [1.807, 2.05) is 18.7 Å². The Balaban J connectivity index is 1.89. The fraction of sp³-hybridized carbons (Fsp3) is 0.650. The summed E-state index contributed by atoms with van der Waals surface area (Å²) < 4.78 is 27.0. The molecular formula is C20H32ClN3O3S. The normalized spacial score (nSPS) is 17.5. The molecule has 1 fully saturated rings. The molecule has 2 rings (SSSR count). The van der Waals surface area contributed by atoms with Gasteiger partial charge in [-0.25, -0.2) is 8.42 Å². The van der Waals surface area contributed by atoms with Gasteiger partial charge in [0.1, 0.15) is 0 Å². The topological polar surface area (TPSA) is 69.7 Å². The van der Waals surface area contributed by atoms with E-state index in [4.69, 9.17) is 11.6 Å². The van der Waals surface area contributed by atoms with Crippen LogP contribution in [-0.2, 0) is 14.8 Å². The van der Waals surface area contributed by atoms with Crippen molar-refractivity contribution in [2.24, 2.45) is 5.41 Å². The quantitative estimate of drug-likeness (QED) is 0.754. The van der Waals surface area contributed by atoms with Crippen LogP contribution in [0.4, 0.5) is 0 Å². The van der Waals surface area contributed by atoms with Crippen molar-refractivity contribution < 1.29 is 13.2 Å². The highest BCUT2D eigenvalue weighted by molar-refractivity contribution is 7.89. The summed E-state index contributed by atoms with van der Waals surface area (Å²) in [4.78, 5) is 14.6. The van der Waals surface area contributed by atoms with Crippen molar-refractivity contribution in [1.29, 1.82) is 0 Å². The zero-order chi connectivity index (χ0) is 21.2. The fourth-order valence-electron chi connectivity index (χ4n) is 3.89. The summed E-state index contributed by atoms with van der Waals surface area (Å²) in [7, 11) is -3.56. The molecule has 1 saturated heterocycles. The lowest BCUT2D eigenvalue weighted by Gasteiger charge is -2.36. The Labute approximate surface area is 174 Å². The van der Waals surface area contributed by atoms with Crippen molar-refractivity contribution >= 4 is 27.5 Å². The van der Waals surface area contributed by atoms with Gasteiger partial charge in [-0.15, -0.1) is 0 Å². The number of carbonyl (C=O) groups excluding carboxylic acids is 1. The number of sulfonamides is 1. The molecule has 0 saturated carbocycles. The number of hydrogen-bond donors (Lipinski definition) is 1. The number of piperazine rings is 1. The van der Waals surface area contributed by atoms with Crippen LogP contribution in [0.15, 0.2) is 29.2 Å². The van der Waals surface area contributed by atoms with Gasteiger partial charge in [0.15, 0.2) is 0 Å². The Morgan fingerprint density at radius 3 is 2.25 bits per heavy atom. The smallest absolute Gasteiger partial charge is 0.243 e. The van der Waals surface area contributed by atoms with Crippen LogP contribution in [-0.4, -0.2) is 61.8 Å². The van der Waals surface area contributed by atoms with Crippen LogP contribution in [0.1, 0.15) is 41.0 Å². The Kier molecular flexibility index (Phi) is 7.18. The maximum atomic E-state index is 12.8. The van der Waals surface area contributed by atoms with Crippen molar-refractivity contribution in [3.63, 3.8) is 0 Å². The van der Waals surface area contributed by atoms with Gasteiger partial charge < -0.3 is 5.32 Å². The van der Waals surface area contributed by atoms with Crippen molar-refractivity contribution in [3.8, 4) is 0 Å². The van der Waals surface area contributed by atoms with E-state index in [9.17, 15) is 13.2 Å². The SMILES string of the molecule is CC(C)(C)CC(C)(C)NC(=O)CN1CCN(S(=O)(=O)c2cccc(Cl)c2)CC1. The molecule has 0 spiro atoms. The lowest BCUT2D eigenvalue weighted by atomic mass is 9.82. The number of hydrogen-bond acceptors (Lipinski definition) is 4. The lowest BCUT2D eigenvalue weighted by molar-refractivity contribution is -0.124. The summed E-state index contributed by atoms with van der Waals surface area (Å²) in [6, 6.07) is 6.31. The molecule has 0 atom stereocenters. The van der Waals surface area contributed by atoms with Crippen LogP contribution >= 0.6 is 11.6 Å². The van der Waals surface area contributed by atoms with Gasteiger partial charge in [0.2, 0.25) is 15.9 Å². The van der Waals surface area contributed by atoms with E-state index in [0.717, 1.165) is 6.42 Å². The molecule has 1 amide bonds. The molecule has 158 valence electrons. The molecule has 8 heteroatoms. The van der Waals surface area contributed by atoms with Gasteiger partial charge >= 0.3 is 0 Å². The molecule has 1 heterocycles. The van der Waals surface area contributed by atoms with E-state index >= 15 is 0 Å². The van der Waals surface area contributed by atoms with Crippen LogP contribution in [0.5, 0.6) is 0 Å². The minimum absolute atomic E-state index is 0.0274. The summed E-state index contributed by atoms with van der Waals surface area (Å²) in [6.45, 7) is 12.6.